The minimum atomic E-state index is 0.421. The summed E-state index contributed by atoms with van der Waals surface area (Å²) in [5, 5.41) is 0. The Bertz CT molecular complexity index is 461. The van der Waals surface area contributed by atoms with Crippen LogP contribution in [0.5, 0.6) is 5.75 Å². The predicted molar refractivity (Wildman–Crippen MR) is 91.0 cm³/mol. The average molecular weight is 307 g/mol. The van der Waals surface area contributed by atoms with E-state index in [0.717, 1.165) is 24.4 Å². The molecule has 5 heteroatoms. The highest BCUT2D eigenvalue weighted by molar-refractivity contribution is 7.80. The number of hydrogen-bond acceptors (Lipinski definition) is 4. The van der Waals surface area contributed by atoms with Crippen LogP contribution in [0.15, 0.2) is 24.3 Å². The van der Waals surface area contributed by atoms with Gasteiger partial charge in [-0.15, -0.1) is 0 Å². The second-order valence-corrected chi connectivity index (χ2v) is 6.24. The lowest BCUT2D eigenvalue weighted by Crippen LogP contribution is -2.46. The van der Waals surface area contributed by atoms with Crippen molar-refractivity contribution < 1.29 is 4.74 Å². The van der Waals surface area contributed by atoms with Gasteiger partial charge in [0.05, 0.1) is 0 Å². The SMILES string of the molecule is CN(C)C1CCCN(CCOc2ccc(C(N)=S)cc2)C1. The molecule has 0 spiro atoms. The van der Waals surface area contributed by atoms with E-state index in [9.17, 15) is 0 Å². The van der Waals surface area contributed by atoms with Gasteiger partial charge in [0.2, 0.25) is 0 Å². The van der Waals surface area contributed by atoms with Gasteiger partial charge < -0.3 is 15.4 Å². The number of rotatable bonds is 6. The Hall–Kier alpha value is -1.17. The van der Waals surface area contributed by atoms with Gasteiger partial charge in [0.15, 0.2) is 0 Å². The summed E-state index contributed by atoms with van der Waals surface area (Å²) in [6, 6.07) is 8.32. The molecule has 0 radical (unpaired) electrons. The van der Waals surface area contributed by atoms with Crippen LogP contribution in [0.2, 0.25) is 0 Å². The van der Waals surface area contributed by atoms with Crippen molar-refractivity contribution in [3.05, 3.63) is 29.8 Å². The zero-order chi connectivity index (χ0) is 15.2. The summed E-state index contributed by atoms with van der Waals surface area (Å²) in [5.41, 5.74) is 6.46. The molecule has 0 aromatic heterocycles. The first-order valence-electron chi connectivity index (χ1n) is 7.47. The smallest absolute Gasteiger partial charge is 0.119 e. The topological polar surface area (TPSA) is 41.7 Å². The second-order valence-electron chi connectivity index (χ2n) is 5.80. The number of nitrogens with two attached hydrogens (primary N) is 1. The number of thiocarbonyl (C=S) groups is 1. The summed E-state index contributed by atoms with van der Waals surface area (Å²) in [5.74, 6) is 0.871. The Morgan fingerprint density at radius 3 is 2.71 bits per heavy atom. The first-order chi connectivity index (χ1) is 10.1. The molecule has 21 heavy (non-hydrogen) atoms. The highest BCUT2D eigenvalue weighted by Crippen LogP contribution is 2.15. The van der Waals surface area contributed by atoms with Crippen molar-refractivity contribution in [1.29, 1.82) is 0 Å². The molecule has 2 N–H and O–H groups in total. The average Bonchev–Trinajstić information content (AvgIpc) is 2.48. The second kappa shape index (κ2) is 7.73. The minimum absolute atomic E-state index is 0.421. The van der Waals surface area contributed by atoms with Gasteiger partial charge in [-0.1, -0.05) is 12.2 Å². The fourth-order valence-electron chi connectivity index (χ4n) is 2.66. The van der Waals surface area contributed by atoms with Crippen molar-refractivity contribution in [2.45, 2.75) is 18.9 Å². The maximum Gasteiger partial charge on any atom is 0.119 e. The molecule has 1 saturated heterocycles. The molecule has 1 aliphatic rings. The van der Waals surface area contributed by atoms with Crippen molar-refractivity contribution in [2.75, 3.05) is 40.3 Å². The van der Waals surface area contributed by atoms with Gasteiger partial charge in [-0.05, 0) is 57.7 Å². The quantitative estimate of drug-likeness (QED) is 0.811. The maximum absolute atomic E-state index is 5.80. The highest BCUT2D eigenvalue weighted by Gasteiger charge is 2.20. The van der Waals surface area contributed by atoms with Crippen LogP contribution in [0.4, 0.5) is 0 Å². The molecule has 0 aliphatic carbocycles. The van der Waals surface area contributed by atoms with Crippen LogP contribution in [0, 0.1) is 0 Å². The van der Waals surface area contributed by atoms with Crippen molar-refractivity contribution in [3.63, 3.8) is 0 Å². The fourth-order valence-corrected chi connectivity index (χ4v) is 2.80. The van der Waals surface area contributed by atoms with Gasteiger partial charge in [-0.3, -0.25) is 4.90 Å². The fraction of sp³-hybridized carbons (Fsp3) is 0.562. The number of ether oxygens (including phenoxy) is 1. The van der Waals surface area contributed by atoms with E-state index in [2.05, 4.69) is 23.9 Å². The van der Waals surface area contributed by atoms with E-state index in [1.165, 1.54) is 19.4 Å². The third-order valence-electron chi connectivity index (χ3n) is 4.03. The number of likely N-dealkylation sites (N-methyl/N-ethyl adjacent to an activating group) is 1. The normalized spacial score (nSPS) is 19.7. The van der Waals surface area contributed by atoms with Gasteiger partial charge in [0, 0.05) is 24.7 Å². The summed E-state index contributed by atoms with van der Waals surface area (Å²) >= 11 is 4.94. The van der Waals surface area contributed by atoms with Gasteiger partial charge in [0.25, 0.3) is 0 Å². The van der Waals surface area contributed by atoms with Crippen LogP contribution in [-0.2, 0) is 0 Å². The summed E-state index contributed by atoms with van der Waals surface area (Å²) in [7, 11) is 4.32. The zero-order valence-corrected chi connectivity index (χ0v) is 13.7. The van der Waals surface area contributed by atoms with Crippen LogP contribution >= 0.6 is 12.2 Å². The largest absolute Gasteiger partial charge is 0.492 e. The van der Waals surface area contributed by atoms with Gasteiger partial charge in [0.1, 0.15) is 17.3 Å². The summed E-state index contributed by atoms with van der Waals surface area (Å²) in [6.07, 6.45) is 2.57. The maximum atomic E-state index is 5.80. The minimum Gasteiger partial charge on any atom is -0.492 e. The van der Waals surface area contributed by atoms with Crippen LogP contribution in [0.1, 0.15) is 18.4 Å². The Morgan fingerprint density at radius 1 is 1.38 bits per heavy atom. The third kappa shape index (κ3) is 4.95. The van der Waals surface area contributed by atoms with E-state index in [1.54, 1.807) is 0 Å². The lowest BCUT2D eigenvalue weighted by Gasteiger charge is -2.36. The lowest BCUT2D eigenvalue weighted by atomic mass is 10.1. The Labute approximate surface area is 132 Å². The Balaban J connectivity index is 1.75. The highest BCUT2D eigenvalue weighted by atomic mass is 32.1. The predicted octanol–water partition coefficient (Wildman–Crippen LogP) is 1.73. The van der Waals surface area contributed by atoms with Crippen molar-refractivity contribution in [3.8, 4) is 5.75 Å². The zero-order valence-electron chi connectivity index (χ0n) is 12.9. The molecule has 1 aliphatic heterocycles. The van der Waals surface area contributed by atoms with Crippen LogP contribution < -0.4 is 10.5 Å². The van der Waals surface area contributed by atoms with Crippen molar-refractivity contribution in [1.82, 2.24) is 9.80 Å². The van der Waals surface area contributed by atoms with Crippen LogP contribution in [0.3, 0.4) is 0 Å². The summed E-state index contributed by atoms with van der Waals surface area (Å²) < 4.78 is 5.80. The molecule has 2 rings (SSSR count). The monoisotopic (exact) mass is 307 g/mol. The Kier molecular flexibility index (Phi) is 5.96. The number of nitrogens with zero attached hydrogens (tertiary/aromatic N) is 2. The molecule has 0 amide bonds. The number of likely N-dealkylation sites (tertiary alicyclic amines) is 1. The van der Waals surface area contributed by atoms with E-state index in [1.807, 2.05) is 24.3 Å². The standard InChI is InChI=1S/C16H25N3OS/c1-18(2)14-4-3-9-19(12-14)10-11-20-15-7-5-13(6-8-15)16(17)21/h5-8,14H,3-4,9-12H2,1-2H3,(H2,17,21). The van der Waals surface area contributed by atoms with E-state index in [-0.39, 0.29) is 0 Å². The summed E-state index contributed by atoms with van der Waals surface area (Å²) in [4.78, 5) is 5.23. The molecule has 1 unspecified atom stereocenters. The van der Waals surface area contributed by atoms with E-state index < -0.39 is 0 Å². The van der Waals surface area contributed by atoms with E-state index >= 15 is 0 Å². The molecule has 1 fully saturated rings. The van der Waals surface area contributed by atoms with E-state index in [0.29, 0.717) is 17.6 Å². The van der Waals surface area contributed by atoms with Crippen molar-refractivity contribution >= 4 is 17.2 Å². The number of hydrogen-bond donors (Lipinski definition) is 1. The van der Waals surface area contributed by atoms with Crippen LogP contribution in [0.25, 0.3) is 0 Å². The number of piperidine rings is 1. The molecule has 0 bridgehead atoms. The molecule has 0 saturated carbocycles. The molecular formula is C16H25N3OS. The molecule has 1 aromatic carbocycles. The lowest BCUT2D eigenvalue weighted by molar-refractivity contribution is 0.117. The molecule has 1 atom stereocenters. The molecule has 116 valence electrons. The molecular weight excluding hydrogens is 282 g/mol. The van der Waals surface area contributed by atoms with Crippen LogP contribution in [-0.4, -0.2) is 61.2 Å². The van der Waals surface area contributed by atoms with Gasteiger partial charge in [-0.2, -0.15) is 0 Å². The first-order valence-corrected chi connectivity index (χ1v) is 7.88. The molecule has 4 nitrogen and oxygen atoms in total. The van der Waals surface area contributed by atoms with Gasteiger partial charge in [-0.25, -0.2) is 0 Å². The Morgan fingerprint density at radius 2 is 2.10 bits per heavy atom. The molecule has 1 aromatic rings. The summed E-state index contributed by atoms with van der Waals surface area (Å²) in [6.45, 7) is 4.00. The molecule has 1 heterocycles. The van der Waals surface area contributed by atoms with E-state index in [4.69, 9.17) is 22.7 Å². The van der Waals surface area contributed by atoms with Gasteiger partial charge >= 0.3 is 0 Å². The first kappa shape index (κ1) is 16.2. The number of benzene rings is 1. The van der Waals surface area contributed by atoms with Crippen molar-refractivity contribution in [2.24, 2.45) is 5.73 Å². The third-order valence-corrected chi connectivity index (χ3v) is 4.26.